The van der Waals surface area contributed by atoms with Gasteiger partial charge in [0.15, 0.2) is 0 Å². The van der Waals surface area contributed by atoms with E-state index in [1.54, 1.807) is 0 Å². The van der Waals surface area contributed by atoms with Crippen molar-refractivity contribution in [2.45, 2.75) is 103 Å². The first kappa shape index (κ1) is 21.9. The Hall–Kier alpha value is -1.13. The van der Waals surface area contributed by atoms with Gasteiger partial charge in [0.1, 0.15) is 0 Å². The molecular weight excluding hydrogens is 325 g/mol. The van der Waals surface area contributed by atoms with E-state index in [1.807, 2.05) is 0 Å². The fourth-order valence-corrected chi connectivity index (χ4v) is 3.16. The van der Waals surface area contributed by atoms with E-state index in [2.05, 4.69) is 23.8 Å². The molecule has 1 aromatic rings. The van der Waals surface area contributed by atoms with E-state index in [0.29, 0.717) is 0 Å². The fourth-order valence-electron chi connectivity index (χ4n) is 3.16. The number of rotatable bonds is 13. The van der Waals surface area contributed by atoms with E-state index in [4.69, 9.17) is 0 Å². The quantitative estimate of drug-likeness (QED) is 0.346. The number of nitrogens with zero attached hydrogens (tertiary/aromatic N) is 2. The minimum absolute atomic E-state index is 0.283. The minimum atomic E-state index is -4.46. The predicted octanol–water partition coefficient (Wildman–Crippen LogP) is 7.30. The molecule has 0 saturated carbocycles. The molecule has 1 aromatic heterocycles. The molecule has 1 rings (SSSR count). The molecule has 0 aliphatic carbocycles. The van der Waals surface area contributed by atoms with Crippen molar-refractivity contribution in [1.29, 1.82) is 0 Å². The minimum Gasteiger partial charge on any atom is -0.233 e. The van der Waals surface area contributed by atoms with Crippen LogP contribution in [0.15, 0.2) is 12.4 Å². The molecule has 0 atom stereocenters. The van der Waals surface area contributed by atoms with Crippen molar-refractivity contribution in [1.82, 2.24) is 9.97 Å². The standard InChI is InChI=1S/C20H33F3N2/c1-3-5-7-9-11-13-17(14-12-10-8-6-4-2)18-15-24-19(25-16-18)20(21,22)23/h15-17H,3-14H2,1-2H3. The molecule has 0 aliphatic heterocycles. The zero-order chi connectivity index (χ0) is 18.5. The monoisotopic (exact) mass is 358 g/mol. The third kappa shape index (κ3) is 9.22. The summed E-state index contributed by atoms with van der Waals surface area (Å²) in [5, 5.41) is 0. The topological polar surface area (TPSA) is 25.8 Å². The number of unbranched alkanes of at least 4 members (excludes halogenated alkanes) is 8. The lowest BCUT2D eigenvalue weighted by Gasteiger charge is -2.17. The highest BCUT2D eigenvalue weighted by Gasteiger charge is 2.34. The van der Waals surface area contributed by atoms with Crippen LogP contribution in [0.1, 0.15) is 108 Å². The highest BCUT2D eigenvalue weighted by molar-refractivity contribution is 5.12. The van der Waals surface area contributed by atoms with Gasteiger partial charge in [-0.2, -0.15) is 13.2 Å². The van der Waals surface area contributed by atoms with Crippen LogP contribution in [-0.2, 0) is 6.18 Å². The van der Waals surface area contributed by atoms with Crippen molar-refractivity contribution in [3.05, 3.63) is 23.8 Å². The molecule has 0 aliphatic rings. The van der Waals surface area contributed by atoms with Crippen LogP contribution in [0.25, 0.3) is 0 Å². The molecular formula is C20H33F3N2. The number of halogens is 3. The van der Waals surface area contributed by atoms with Crippen LogP contribution in [0.2, 0.25) is 0 Å². The Kier molecular flexibility index (Phi) is 10.7. The summed E-state index contributed by atoms with van der Waals surface area (Å²) in [4.78, 5) is 7.10. The van der Waals surface area contributed by atoms with Gasteiger partial charge in [0, 0.05) is 12.4 Å². The van der Waals surface area contributed by atoms with Crippen LogP contribution in [0, 0.1) is 0 Å². The van der Waals surface area contributed by atoms with Crippen molar-refractivity contribution in [3.63, 3.8) is 0 Å². The Labute approximate surface area is 150 Å². The summed E-state index contributed by atoms with van der Waals surface area (Å²) in [6.07, 6.45) is 12.4. The normalized spacial score (nSPS) is 12.1. The molecule has 0 radical (unpaired) electrons. The van der Waals surface area contributed by atoms with Gasteiger partial charge in [-0.3, -0.25) is 0 Å². The van der Waals surface area contributed by atoms with Crippen molar-refractivity contribution < 1.29 is 13.2 Å². The maximum absolute atomic E-state index is 12.6. The third-order valence-corrected chi connectivity index (χ3v) is 4.71. The van der Waals surface area contributed by atoms with Crippen molar-refractivity contribution in [2.24, 2.45) is 0 Å². The average molecular weight is 358 g/mol. The van der Waals surface area contributed by atoms with Crippen LogP contribution in [0.5, 0.6) is 0 Å². The summed E-state index contributed by atoms with van der Waals surface area (Å²) < 4.78 is 37.9. The molecule has 1 heterocycles. The smallest absolute Gasteiger partial charge is 0.233 e. The second kappa shape index (κ2) is 12.3. The van der Waals surface area contributed by atoms with Gasteiger partial charge < -0.3 is 0 Å². The van der Waals surface area contributed by atoms with Gasteiger partial charge >= 0.3 is 6.18 Å². The van der Waals surface area contributed by atoms with Crippen LogP contribution in [-0.4, -0.2) is 9.97 Å². The number of hydrogen-bond donors (Lipinski definition) is 0. The van der Waals surface area contributed by atoms with Gasteiger partial charge in [-0.25, -0.2) is 9.97 Å². The average Bonchev–Trinajstić information content (AvgIpc) is 2.59. The molecule has 2 nitrogen and oxygen atoms in total. The SMILES string of the molecule is CCCCCCCC(CCCCCCC)c1cnc(C(F)(F)F)nc1. The van der Waals surface area contributed by atoms with Crippen LogP contribution < -0.4 is 0 Å². The van der Waals surface area contributed by atoms with Crippen molar-refractivity contribution in [3.8, 4) is 0 Å². The molecule has 0 fully saturated rings. The largest absolute Gasteiger partial charge is 0.451 e. The van der Waals surface area contributed by atoms with Crippen molar-refractivity contribution in [2.75, 3.05) is 0 Å². The van der Waals surface area contributed by atoms with Crippen LogP contribution >= 0.6 is 0 Å². The maximum Gasteiger partial charge on any atom is 0.451 e. The molecule has 5 heteroatoms. The van der Waals surface area contributed by atoms with E-state index < -0.39 is 12.0 Å². The highest BCUT2D eigenvalue weighted by atomic mass is 19.4. The summed E-state index contributed by atoms with van der Waals surface area (Å²) in [6, 6.07) is 0. The number of alkyl halides is 3. The predicted molar refractivity (Wildman–Crippen MR) is 96.5 cm³/mol. The first-order chi connectivity index (χ1) is 12.0. The maximum atomic E-state index is 12.6. The molecule has 0 spiro atoms. The van der Waals surface area contributed by atoms with E-state index in [0.717, 1.165) is 31.2 Å². The van der Waals surface area contributed by atoms with Gasteiger partial charge in [0.2, 0.25) is 5.82 Å². The summed E-state index contributed by atoms with van der Waals surface area (Å²) in [5.41, 5.74) is 0.860. The van der Waals surface area contributed by atoms with Gasteiger partial charge in [0.25, 0.3) is 0 Å². The van der Waals surface area contributed by atoms with Gasteiger partial charge in [0.05, 0.1) is 0 Å². The number of aromatic nitrogens is 2. The number of hydrogen-bond acceptors (Lipinski definition) is 2. The Morgan fingerprint density at radius 2 is 1.20 bits per heavy atom. The first-order valence-corrected chi connectivity index (χ1v) is 9.88. The molecule has 0 saturated heterocycles. The van der Waals surface area contributed by atoms with Crippen LogP contribution in [0.4, 0.5) is 13.2 Å². The van der Waals surface area contributed by atoms with Gasteiger partial charge in [-0.05, 0) is 24.3 Å². The summed E-state index contributed by atoms with van der Waals surface area (Å²) in [5.74, 6) is -0.758. The van der Waals surface area contributed by atoms with Gasteiger partial charge in [-0.15, -0.1) is 0 Å². The van der Waals surface area contributed by atoms with E-state index in [9.17, 15) is 13.2 Å². The molecule has 25 heavy (non-hydrogen) atoms. The van der Waals surface area contributed by atoms with Crippen LogP contribution in [0.3, 0.4) is 0 Å². The Bertz CT molecular complexity index is 429. The zero-order valence-corrected chi connectivity index (χ0v) is 15.7. The Morgan fingerprint density at radius 1 is 0.760 bits per heavy atom. The van der Waals surface area contributed by atoms with Gasteiger partial charge in [-0.1, -0.05) is 78.1 Å². The Balaban J connectivity index is 2.58. The summed E-state index contributed by atoms with van der Waals surface area (Å²) in [6.45, 7) is 4.39. The lowest BCUT2D eigenvalue weighted by molar-refractivity contribution is -0.145. The molecule has 0 N–H and O–H groups in total. The van der Waals surface area contributed by atoms with Crippen molar-refractivity contribution >= 4 is 0 Å². The fraction of sp³-hybridized carbons (Fsp3) is 0.800. The molecule has 0 unspecified atom stereocenters. The lowest BCUT2D eigenvalue weighted by atomic mass is 9.89. The molecule has 0 aromatic carbocycles. The van der Waals surface area contributed by atoms with E-state index >= 15 is 0 Å². The summed E-state index contributed by atoms with van der Waals surface area (Å²) >= 11 is 0. The molecule has 0 bridgehead atoms. The lowest BCUT2D eigenvalue weighted by Crippen LogP contribution is -2.12. The Morgan fingerprint density at radius 3 is 1.60 bits per heavy atom. The summed E-state index contributed by atoms with van der Waals surface area (Å²) in [7, 11) is 0. The second-order valence-electron chi connectivity index (χ2n) is 6.94. The molecule has 144 valence electrons. The second-order valence-corrected chi connectivity index (χ2v) is 6.94. The first-order valence-electron chi connectivity index (χ1n) is 9.88. The zero-order valence-electron chi connectivity index (χ0n) is 15.7. The van der Waals surface area contributed by atoms with E-state index in [1.165, 1.54) is 63.8 Å². The molecule has 0 amide bonds. The highest BCUT2D eigenvalue weighted by Crippen LogP contribution is 2.30. The van der Waals surface area contributed by atoms with E-state index in [-0.39, 0.29) is 5.92 Å². The third-order valence-electron chi connectivity index (χ3n) is 4.71.